The molecule has 5 nitrogen and oxygen atoms in total. The maximum absolute atomic E-state index is 12.0. The molecule has 0 fully saturated rings. The van der Waals surface area contributed by atoms with E-state index in [1.54, 1.807) is 6.07 Å². The minimum atomic E-state index is -2.91. The highest BCUT2D eigenvalue weighted by molar-refractivity contribution is 6.29. The van der Waals surface area contributed by atoms with Gasteiger partial charge in [-0.1, -0.05) is 29.8 Å². The molecule has 1 aromatic carbocycles. The third-order valence-corrected chi connectivity index (χ3v) is 3.10. The van der Waals surface area contributed by atoms with Gasteiger partial charge in [0.05, 0.1) is 6.10 Å². The summed E-state index contributed by atoms with van der Waals surface area (Å²) in [7, 11) is 0. The number of halogens is 3. The van der Waals surface area contributed by atoms with Crippen molar-refractivity contribution in [2.45, 2.75) is 12.7 Å². The summed E-state index contributed by atoms with van der Waals surface area (Å²) in [6.07, 6.45) is -1.00. The molecule has 2 rings (SSSR count). The Kier molecular flexibility index (Phi) is 5.84. The lowest BCUT2D eigenvalue weighted by molar-refractivity contribution is -0.0498. The summed E-state index contributed by atoms with van der Waals surface area (Å²) in [5.74, 6) is -0.493. The fourth-order valence-corrected chi connectivity index (χ4v) is 1.97. The number of hydrogen-bond donors (Lipinski definition) is 2. The van der Waals surface area contributed by atoms with Crippen LogP contribution in [0.15, 0.2) is 42.5 Å². The SMILES string of the molecule is O=C(NCC(O)c1ccc(OC(F)F)cc1)c1cccc(Cl)n1. The van der Waals surface area contributed by atoms with E-state index in [2.05, 4.69) is 15.0 Å². The number of aliphatic hydroxyl groups is 1. The molecule has 1 atom stereocenters. The Balaban J connectivity index is 1.91. The van der Waals surface area contributed by atoms with Crippen LogP contribution >= 0.6 is 11.6 Å². The van der Waals surface area contributed by atoms with Crippen LogP contribution < -0.4 is 10.1 Å². The predicted octanol–water partition coefficient (Wildman–Crippen LogP) is 2.80. The number of rotatable bonds is 6. The van der Waals surface area contributed by atoms with Gasteiger partial charge in [-0.2, -0.15) is 8.78 Å². The fraction of sp³-hybridized carbons (Fsp3) is 0.200. The second-order valence-corrected chi connectivity index (χ2v) is 4.91. The van der Waals surface area contributed by atoms with Gasteiger partial charge >= 0.3 is 6.61 Å². The summed E-state index contributed by atoms with van der Waals surface area (Å²) in [6.45, 7) is -2.97. The van der Waals surface area contributed by atoms with Gasteiger partial charge in [-0.05, 0) is 29.8 Å². The van der Waals surface area contributed by atoms with E-state index in [0.29, 0.717) is 5.56 Å². The number of aliphatic hydroxyl groups excluding tert-OH is 1. The van der Waals surface area contributed by atoms with Crippen LogP contribution in [0.25, 0.3) is 0 Å². The van der Waals surface area contributed by atoms with Gasteiger partial charge in [0.25, 0.3) is 5.91 Å². The van der Waals surface area contributed by atoms with Crippen LogP contribution in [0.5, 0.6) is 5.75 Å². The molecule has 0 aliphatic carbocycles. The van der Waals surface area contributed by atoms with Crippen LogP contribution in [-0.4, -0.2) is 29.2 Å². The van der Waals surface area contributed by atoms with E-state index in [0.717, 1.165) is 0 Å². The molecule has 0 radical (unpaired) electrons. The topological polar surface area (TPSA) is 71.5 Å². The van der Waals surface area contributed by atoms with Crippen LogP contribution in [0.4, 0.5) is 8.78 Å². The van der Waals surface area contributed by atoms with Crippen molar-refractivity contribution >= 4 is 17.5 Å². The van der Waals surface area contributed by atoms with Gasteiger partial charge in [0.15, 0.2) is 0 Å². The molecule has 2 N–H and O–H groups in total. The number of pyridine rings is 1. The molecular weight excluding hydrogens is 330 g/mol. The minimum Gasteiger partial charge on any atom is -0.435 e. The van der Waals surface area contributed by atoms with E-state index in [1.165, 1.54) is 36.4 Å². The van der Waals surface area contributed by atoms with E-state index >= 15 is 0 Å². The van der Waals surface area contributed by atoms with Gasteiger partial charge in [0.1, 0.15) is 16.6 Å². The van der Waals surface area contributed by atoms with Crippen molar-refractivity contribution in [1.82, 2.24) is 10.3 Å². The van der Waals surface area contributed by atoms with Crippen molar-refractivity contribution < 1.29 is 23.4 Å². The Morgan fingerprint density at radius 3 is 2.57 bits per heavy atom. The molecule has 8 heteroatoms. The van der Waals surface area contributed by atoms with Crippen molar-refractivity contribution in [3.8, 4) is 5.75 Å². The number of amides is 1. The number of nitrogens with one attached hydrogen (secondary N) is 1. The number of hydrogen-bond acceptors (Lipinski definition) is 4. The Labute approximate surface area is 135 Å². The summed E-state index contributed by atoms with van der Waals surface area (Å²) in [5.41, 5.74) is 0.580. The largest absolute Gasteiger partial charge is 0.435 e. The fourth-order valence-electron chi connectivity index (χ4n) is 1.80. The summed E-state index contributed by atoms with van der Waals surface area (Å²) in [4.78, 5) is 15.7. The quantitative estimate of drug-likeness (QED) is 0.792. The van der Waals surface area contributed by atoms with Gasteiger partial charge in [0, 0.05) is 6.54 Å². The minimum absolute atomic E-state index is 0.0110. The molecule has 0 saturated carbocycles. The van der Waals surface area contributed by atoms with Crippen molar-refractivity contribution in [2.24, 2.45) is 0 Å². The highest BCUT2D eigenvalue weighted by atomic mass is 35.5. The van der Waals surface area contributed by atoms with Gasteiger partial charge in [-0.25, -0.2) is 4.98 Å². The highest BCUT2D eigenvalue weighted by Crippen LogP contribution is 2.19. The lowest BCUT2D eigenvalue weighted by Gasteiger charge is -2.13. The molecule has 0 spiro atoms. The Hall–Kier alpha value is -2.25. The van der Waals surface area contributed by atoms with Crippen molar-refractivity contribution in [1.29, 1.82) is 0 Å². The van der Waals surface area contributed by atoms with Gasteiger partial charge in [-0.15, -0.1) is 0 Å². The van der Waals surface area contributed by atoms with Gasteiger partial charge in [-0.3, -0.25) is 4.79 Å². The Morgan fingerprint density at radius 2 is 1.96 bits per heavy atom. The Bertz CT molecular complexity index is 668. The zero-order valence-corrected chi connectivity index (χ0v) is 12.5. The van der Waals surface area contributed by atoms with E-state index in [4.69, 9.17) is 11.6 Å². The number of nitrogens with zero attached hydrogens (tertiary/aromatic N) is 1. The molecule has 0 saturated heterocycles. The first kappa shape index (κ1) is 17.1. The second kappa shape index (κ2) is 7.85. The molecule has 0 aliphatic rings. The average Bonchev–Trinajstić information content (AvgIpc) is 2.52. The number of alkyl halides is 2. The Morgan fingerprint density at radius 1 is 1.26 bits per heavy atom. The standard InChI is InChI=1S/C15H13ClF2N2O3/c16-13-3-1-2-11(20-13)14(22)19-8-12(21)9-4-6-10(7-5-9)23-15(17)18/h1-7,12,15,21H,8H2,(H,19,22). The zero-order chi connectivity index (χ0) is 16.8. The van der Waals surface area contributed by atoms with Gasteiger partial charge in [0.2, 0.25) is 0 Å². The lowest BCUT2D eigenvalue weighted by Crippen LogP contribution is -2.29. The maximum atomic E-state index is 12.0. The number of carbonyl (C=O) groups excluding carboxylic acids is 1. The number of ether oxygens (including phenoxy) is 1. The first-order valence-corrected chi connectivity index (χ1v) is 6.97. The summed E-state index contributed by atoms with van der Waals surface area (Å²) in [5, 5.41) is 12.7. The monoisotopic (exact) mass is 342 g/mol. The third-order valence-electron chi connectivity index (χ3n) is 2.89. The molecule has 1 aromatic heterocycles. The first-order chi connectivity index (χ1) is 11.0. The summed E-state index contributed by atoms with van der Waals surface area (Å²) >= 11 is 5.69. The summed E-state index contributed by atoms with van der Waals surface area (Å²) < 4.78 is 28.3. The van der Waals surface area contributed by atoms with E-state index in [9.17, 15) is 18.7 Å². The molecule has 1 heterocycles. The first-order valence-electron chi connectivity index (χ1n) is 6.59. The van der Waals surface area contributed by atoms with E-state index < -0.39 is 18.6 Å². The summed E-state index contributed by atoms with van der Waals surface area (Å²) in [6, 6.07) is 10.1. The van der Waals surface area contributed by atoms with E-state index in [1.807, 2.05) is 0 Å². The molecular formula is C15H13ClF2N2O3. The molecule has 2 aromatic rings. The smallest absolute Gasteiger partial charge is 0.387 e. The highest BCUT2D eigenvalue weighted by Gasteiger charge is 2.13. The van der Waals surface area contributed by atoms with Crippen LogP contribution in [0.3, 0.4) is 0 Å². The van der Waals surface area contributed by atoms with Crippen LogP contribution in [0.1, 0.15) is 22.2 Å². The van der Waals surface area contributed by atoms with Crippen molar-refractivity contribution in [2.75, 3.05) is 6.54 Å². The molecule has 23 heavy (non-hydrogen) atoms. The number of carbonyl (C=O) groups is 1. The average molecular weight is 343 g/mol. The molecule has 1 amide bonds. The zero-order valence-electron chi connectivity index (χ0n) is 11.7. The lowest BCUT2D eigenvalue weighted by atomic mass is 10.1. The van der Waals surface area contributed by atoms with Crippen molar-refractivity contribution in [3.05, 3.63) is 58.9 Å². The van der Waals surface area contributed by atoms with Crippen LogP contribution in [-0.2, 0) is 0 Å². The second-order valence-electron chi connectivity index (χ2n) is 4.52. The normalized spacial score (nSPS) is 12.0. The predicted molar refractivity (Wildman–Crippen MR) is 79.6 cm³/mol. The number of aromatic nitrogens is 1. The van der Waals surface area contributed by atoms with Crippen LogP contribution in [0.2, 0.25) is 5.15 Å². The number of benzene rings is 1. The molecule has 1 unspecified atom stereocenters. The van der Waals surface area contributed by atoms with Crippen LogP contribution in [0, 0.1) is 0 Å². The van der Waals surface area contributed by atoms with Gasteiger partial charge < -0.3 is 15.2 Å². The third kappa shape index (κ3) is 5.15. The van der Waals surface area contributed by atoms with Crippen molar-refractivity contribution in [3.63, 3.8) is 0 Å². The van der Waals surface area contributed by atoms with E-state index in [-0.39, 0.29) is 23.1 Å². The molecule has 0 bridgehead atoms. The molecule has 0 aliphatic heterocycles. The maximum Gasteiger partial charge on any atom is 0.387 e. The molecule has 122 valence electrons.